The third kappa shape index (κ3) is 5.44. The van der Waals surface area contributed by atoms with Crippen molar-refractivity contribution < 1.29 is 22.7 Å². The van der Waals surface area contributed by atoms with Gasteiger partial charge in [-0.15, -0.1) is 0 Å². The maximum atomic E-state index is 13.2. The Bertz CT molecular complexity index is 1130. The summed E-state index contributed by atoms with van der Waals surface area (Å²) >= 11 is 0. The van der Waals surface area contributed by atoms with Crippen LogP contribution in [0.3, 0.4) is 0 Å². The number of fused-ring (bicyclic) bond motifs is 1. The van der Waals surface area contributed by atoms with Crippen molar-refractivity contribution in [1.82, 2.24) is 9.21 Å². The van der Waals surface area contributed by atoms with Gasteiger partial charge in [-0.1, -0.05) is 42.5 Å². The molecule has 0 saturated heterocycles. The van der Waals surface area contributed by atoms with Crippen molar-refractivity contribution in [3.63, 3.8) is 0 Å². The summed E-state index contributed by atoms with van der Waals surface area (Å²) in [6, 6.07) is 13.5. The fraction of sp³-hybridized carbons (Fsp3) is 0.333. The molecule has 2 aromatic rings. The van der Waals surface area contributed by atoms with E-state index in [9.17, 15) is 18.0 Å². The first-order chi connectivity index (χ1) is 15.2. The quantitative estimate of drug-likeness (QED) is 0.450. The van der Waals surface area contributed by atoms with Crippen LogP contribution in [0.4, 0.5) is 0 Å². The maximum absolute atomic E-state index is 13.2. The number of hydrogen-bond donors (Lipinski definition) is 0. The number of nitrogens with zero attached hydrogens (tertiary/aromatic N) is 2. The van der Waals surface area contributed by atoms with E-state index in [2.05, 4.69) is 6.58 Å². The molecule has 0 N–H and O–H groups in total. The van der Waals surface area contributed by atoms with Gasteiger partial charge in [-0.3, -0.25) is 4.79 Å². The number of rotatable bonds is 8. The summed E-state index contributed by atoms with van der Waals surface area (Å²) in [6.07, 6.45) is 0.636. The molecule has 32 heavy (non-hydrogen) atoms. The Morgan fingerprint density at radius 3 is 2.53 bits per heavy atom. The van der Waals surface area contributed by atoms with Gasteiger partial charge >= 0.3 is 5.97 Å². The maximum Gasteiger partial charge on any atom is 0.338 e. The SMILES string of the molecule is C=C(C)CN(CC)C(=O)COC(=O)c1cccc(S(=O)(=O)N2CCc3ccccc3C2)c1. The molecule has 7 nitrogen and oxygen atoms in total. The van der Waals surface area contributed by atoms with Crippen LogP contribution in [0.1, 0.15) is 35.3 Å². The van der Waals surface area contributed by atoms with Gasteiger partial charge in [-0.05, 0) is 49.6 Å². The van der Waals surface area contributed by atoms with Crippen LogP contribution in [0.5, 0.6) is 0 Å². The highest BCUT2D eigenvalue weighted by molar-refractivity contribution is 7.89. The standard InChI is InChI=1S/C24H28N2O5S/c1-4-25(15-18(2)3)23(27)17-31-24(28)20-10-7-11-22(14-20)32(29,30)26-13-12-19-8-5-6-9-21(19)16-26/h5-11,14H,2,4,12-13,15-17H2,1,3H3. The van der Waals surface area contributed by atoms with E-state index in [1.165, 1.54) is 33.5 Å². The van der Waals surface area contributed by atoms with Crippen molar-refractivity contribution in [3.05, 3.63) is 77.4 Å². The Morgan fingerprint density at radius 1 is 1.12 bits per heavy atom. The highest BCUT2D eigenvalue weighted by atomic mass is 32.2. The third-order valence-electron chi connectivity index (χ3n) is 5.33. The summed E-state index contributed by atoms with van der Waals surface area (Å²) in [5.41, 5.74) is 3.03. The van der Waals surface area contributed by atoms with Crippen molar-refractivity contribution >= 4 is 21.9 Å². The molecule has 1 heterocycles. The van der Waals surface area contributed by atoms with Crippen molar-refractivity contribution in [2.75, 3.05) is 26.2 Å². The van der Waals surface area contributed by atoms with Gasteiger partial charge in [-0.25, -0.2) is 13.2 Å². The molecule has 170 valence electrons. The molecule has 1 aliphatic heterocycles. The third-order valence-corrected chi connectivity index (χ3v) is 7.17. The monoisotopic (exact) mass is 456 g/mol. The number of esters is 1. The molecule has 0 aromatic heterocycles. The van der Waals surface area contributed by atoms with E-state index in [0.717, 1.165) is 16.7 Å². The van der Waals surface area contributed by atoms with E-state index in [1.54, 1.807) is 0 Å². The Kier molecular flexibility index (Phi) is 7.48. The predicted molar refractivity (Wildman–Crippen MR) is 122 cm³/mol. The zero-order valence-corrected chi connectivity index (χ0v) is 19.2. The molecule has 0 bridgehead atoms. The fourth-order valence-electron chi connectivity index (χ4n) is 3.61. The second-order valence-corrected chi connectivity index (χ2v) is 9.76. The average Bonchev–Trinajstić information content (AvgIpc) is 2.80. The molecule has 0 aliphatic carbocycles. The van der Waals surface area contributed by atoms with Crippen LogP contribution in [-0.2, 0) is 32.5 Å². The zero-order chi connectivity index (χ0) is 23.3. The summed E-state index contributed by atoms with van der Waals surface area (Å²) in [5, 5.41) is 0. The Morgan fingerprint density at radius 2 is 1.84 bits per heavy atom. The fourth-order valence-corrected chi connectivity index (χ4v) is 5.08. The van der Waals surface area contributed by atoms with Gasteiger partial charge < -0.3 is 9.64 Å². The predicted octanol–water partition coefficient (Wildman–Crippen LogP) is 3.02. The van der Waals surface area contributed by atoms with E-state index in [0.29, 0.717) is 26.1 Å². The van der Waals surface area contributed by atoms with Crippen LogP contribution in [0.25, 0.3) is 0 Å². The first-order valence-electron chi connectivity index (χ1n) is 10.5. The minimum absolute atomic E-state index is 0.0233. The molecule has 3 rings (SSSR count). The summed E-state index contributed by atoms with van der Waals surface area (Å²) in [7, 11) is -3.78. The van der Waals surface area contributed by atoms with E-state index >= 15 is 0 Å². The highest BCUT2D eigenvalue weighted by Crippen LogP contribution is 2.25. The van der Waals surface area contributed by atoms with E-state index in [-0.39, 0.29) is 22.9 Å². The van der Waals surface area contributed by atoms with Gasteiger partial charge in [0.05, 0.1) is 10.5 Å². The van der Waals surface area contributed by atoms with Gasteiger partial charge in [0.15, 0.2) is 6.61 Å². The van der Waals surface area contributed by atoms with E-state index < -0.39 is 22.6 Å². The number of benzene rings is 2. The first-order valence-corrected chi connectivity index (χ1v) is 11.9. The molecule has 2 aromatic carbocycles. The van der Waals surface area contributed by atoms with Crippen molar-refractivity contribution in [2.24, 2.45) is 0 Å². The summed E-state index contributed by atoms with van der Waals surface area (Å²) in [6.45, 7) is 8.53. The summed E-state index contributed by atoms with van der Waals surface area (Å²) in [4.78, 5) is 26.3. The van der Waals surface area contributed by atoms with E-state index in [4.69, 9.17) is 4.74 Å². The van der Waals surface area contributed by atoms with Crippen LogP contribution in [0.15, 0.2) is 65.6 Å². The lowest BCUT2D eigenvalue weighted by atomic mass is 10.0. The second-order valence-electron chi connectivity index (χ2n) is 7.83. The van der Waals surface area contributed by atoms with Gasteiger partial charge in [0.2, 0.25) is 10.0 Å². The van der Waals surface area contributed by atoms with E-state index in [1.807, 2.05) is 38.1 Å². The minimum Gasteiger partial charge on any atom is -0.452 e. The molecule has 0 radical (unpaired) electrons. The number of likely N-dealkylation sites (N-methyl/N-ethyl adjacent to an activating group) is 1. The lowest BCUT2D eigenvalue weighted by Crippen LogP contribution is -2.36. The molecular weight excluding hydrogens is 428 g/mol. The average molecular weight is 457 g/mol. The number of carbonyl (C=O) groups is 2. The number of hydrogen-bond acceptors (Lipinski definition) is 5. The molecule has 0 saturated carbocycles. The van der Waals surface area contributed by atoms with Crippen molar-refractivity contribution in [2.45, 2.75) is 31.7 Å². The Hall–Kier alpha value is -2.97. The topological polar surface area (TPSA) is 84.0 Å². The lowest BCUT2D eigenvalue weighted by molar-refractivity contribution is -0.133. The Balaban J connectivity index is 1.70. The number of amides is 1. The molecule has 1 amide bonds. The second kappa shape index (κ2) is 10.1. The zero-order valence-electron chi connectivity index (χ0n) is 18.4. The first kappa shape index (κ1) is 23.7. The largest absolute Gasteiger partial charge is 0.452 e. The van der Waals surface area contributed by atoms with Crippen LogP contribution >= 0.6 is 0 Å². The van der Waals surface area contributed by atoms with Gasteiger partial charge in [-0.2, -0.15) is 4.31 Å². The molecule has 0 unspecified atom stereocenters. The number of sulfonamides is 1. The van der Waals surface area contributed by atoms with Gasteiger partial charge in [0, 0.05) is 26.2 Å². The van der Waals surface area contributed by atoms with Crippen LogP contribution < -0.4 is 0 Å². The van der Waals surface area contributed by atoms with Crippen molar-refractivity contribution in [3.8, 4) is 0 Å². The smallest absolute Gasteiger partial charge is 0.338 e. The summed E-state index contributed by atoms with van der Waals surface area (Å²) < 4.78 is 32.9. The molecule has 0 atom stereocenters. The number of ether oxygens (including phenoxy) is 1. The van der Waals surface area contributed by atoms with Crippen LogP contribution in [0, 0.1) is 0 Å². The van der Waals surface area contributed by atoms with Gasteiger partial charge in [0.25, 0.3) is 5.91 Å². The van der Waals surface area contributed by atoms with Crippen LogP contribution in [0.2, 0.25) is 0 Å². The van der Waals surface area contributed by atoms with Gasteiger partial charge in [0.1, 0.15) is 0 Å². The minimum atomic E-state index is -3.78. The molecule has 8 heteroatoms. The molecule has 1 aliphatic rings. The summed E-state index contributed by atoms with van der Waals surface area (Å²) in [5.74, 6) is -1.08. The molecule has 0 fully saturated rings. The molecular formula is C24H28N2O5S. The molecule has 0 spiro atoms. The Labute approximate surface area is 189 Å². The van der Waals surface area contributed by atoms with Crippen LogP contribution in [-0.4, -0.2) is 55.7 Å². The number of carbonyl (C=O) groups excluding carboxylic acids is 2. The normalized spacial score (nSPS) is 13.8. The van der Waals surface area contributed by atoms with Crippen molar-refractivity contribution in [1.29, 1.82) is 0 Å². The highest BCUT2D eigenvalue weighted by Gasteiger charge is 2.29. The lowest BCUT2D eigenvalue weighted by Gasteiger charge is -2.28.